The van der Waals surface area contributed by atoms with Crippen molar-refractivity contribution in [1.82, 2.24) is 0 Å². The van der Waals surface area contributed by atoms with Crippen molar-refractivity contribution in [1.29, 1.82) is 0 Å². The molecule has 0 unspecified atom stereocenters. The van der Waals surface area contributed by atoms with Gasteiger partial charge in [-0.25, -0.2) is 4.79 Å². The molecule has 0 amide bonds. The summed E-state index contributed by atoms with van der Waals surface area (Å²) in [6.45, 7) is 1.79. The van der Waals surface area contributed by atoms with Crippen molar-refractivity contribution in [3.63, 3.8) is 0 Å². The van der Waals surface area contributed by atoms with Crippen LogP contribution in [0.5, 0.6) is 5.75 Å². The number of benzene rings is 1. The molecule has 11 heavy (non-hydrogen) atoms. The second-order valence-corrected chi connectivity index (χ2v) is 2.13. The van der Waals surface area contributed by atoms with Crippen LogP contribution in [0.4, 0.5) is 4.79 Å². The van der Waals surface area contributed by atoms with Gasteiger partial charge in [0, 0.05) is 0 Å². The number of rotatable bonds is 1. The Bertz CT molecular complexity index is 268. The molecule has 3 nitrogen and oxygen atoms in total. The van der Waals surface area contributed by atoms with Crippen molar-refractivity contribution >= 4 is 6.16 Å². The molecule has 0 bridgehead atoms. The number of hydrogen-bond donors (Lipinski definition) is 1. The quantitative estimate of drug-likeness (QED) is 0.494. The van der Waals surface area contributed by atoms with Gasteiger partial charge in [-0.2, -0.15) is 0 Å². The number of carboxylic acid groups (broad SMARTS) is 1. The number of ether oxygens (including phenoxy) is 1. The molecule has 0 aliphatic carbocycles. The third kappa shape index (κ3) is 1.97. The van der Waals surface area contributed by atoms with E-state index >= 15 is 0 Å². The summed E-state index contributed by atoms with van der Waals surface area (Å²) in [4.78, 5) is 10.1. The zero-order chi connectivity index (χ0) is 8.27. The van der Waals surface area contributed by atoms with E-state index in [0.29, 0.717) is 5.75 Å². The molecule has 0 aliphatic rings. The molecule has 1 N–H and O–H groups in total. The average Bonchev–Trinajstić information content (AvgIpc) is 1.93. The number of hydrogen-bond acceptors (Lipinski definition) is 2. The van der Waals surface area contributed by atoms with Crippen LogP contribution in [0.3, 0.4) is 0 Å². The maximum Gasteiger partial charge on any atom is 0.511 e. The lowest BCUT2D eigenvalue weighted by molar-refractivity contribution is 0.144. The summed E-state index contributed by atoms with van der Waals surface area (Å²) in [6, 6.07) is 6.96. The fourth-order valence-electron chi connectivity index (χ4n) is 0.765. The van der Waals surface area contributed by atoms with E-state index in [0.717, 1.165) is 5.56 Å². The lowest BCUT2D eigenvalue weighted by Crippen LogP contribution is -2.03. The van der Waals surface area contributed by atoms with E-state index in [1.807, 2.05) is 6.07 Å². The maximum atomic E-state index is 10.1. The van der Waals surface area contributed by atoms with Crippen LogP contribution in [0.25, 0.3) is 0 Å². The third-order valence-corrected chi connectivity index (χ3v) is 1.29. The highest BCUT2D eigenvalue weighted by Gasteiger charge is 2.01. The predicted molar refractivity (Wildman–Crippen MR) is 39.8 cm³/mol. The van der Waals surface area contributed by atoms with E-state index in [-0.39, 0.29) is 0 Å². The molecule has 1 aromatic carbocycles. The average molecular weight is 152 g/mol. The zero-order valence-electron chi connectivity index (χ0n) is 6.07. The highest BCUT2D eigenvalue weighted by molar-refractivity contribution is 5.61. The summed E-state index contributed by atoms with van der Waals surface area (Å²) >= 11 is 0. The molecular weight excluding hydrogens is 144 g/mol. The molecule has 0 atom stereocenters. The van der Waals surface area contributed by atoms with Crippen LogP contribution >= 0.6 is 0 Å². The van der Waals surface area contributed by atoms with Crippen LogP contribution in [0.2, 0.25) is 0 Å². The number of carbonyl (C=O) groups is 1. The van der Waals surface area contributed by atoms with Crippen LogP contribution in [0, 0.1) is 6.92 Å². The normalized spacial score (nSPS) is 9.18. The first-order valence-electron chi connectivity index (χ1n) is 3.16. The van der Waals surface area contributed by atoms with Gasteiger partial charge in [0.2, 0.25) is 0 Å². The zero-order valence-corrected chi connectivity index (χ0v) is 6.07. The Labute approximate surface area is 64.2 Å². The Balaban J connectivity index is 2.86. The second-order valence-electron chi connectivity index (χ2n) is 2.13. The summed E-state index contributed by atoms with van der Waals surface area (Å²) in [7, 11) is 0. The molecule has 0 heterocycles. The maximum absolute atomic E-state index is 10.1. The van der Waals surface area contributed by atoms with E-state index in [2.05, 4.69) is 4.74 Å². The summed E-state index contributed by atoms with van der Waals surface area (Å²) in [5, 5.41) is 8.27. The van der Waals surface area contributed by atoms with E-state index in [4.69, 9.17) is 5.11 Å². The molecule has 0 saturated heterocycles. The van der Waals surface area contributed by atoms with Gasteiger partial charge in [0.1, 0.15) is 5.75 Å². The van der Waals surface area contributed by atoms with Gasteiger partial charge in [0.05, 0.1) is 0 Å². The molecule has 1 aromatic rings. The van der Waals surface area contributed by atoms with Crippen LogP contribution in [-0.4, -0.2) is 11.3 Å². The number of para-hydroxylation sites is 1. The molecule has 0 saturated carbocycles. The second kappa shape index (κ2) is 3.05. The highest BCUT2D eigenvalue weighted by Crippen LogP contribution is 2.15. The molecule has 0 radical (unpaired) electrons. The van der Waals surface area contributed by atoms with Crippen molar-refractivity contribution in [3.8, 4) is 5.75 Å². The van der Waals surface area contributed by atoms with Gasteiger partial charge < -0.3 is 9.84 Å². The van der Waals surface area contributed by atoms with Gasteiger partial charge >= 0.3 is 6.16 Å². The lowest BCUT2D eigenvalue weighted by atomic mass is 10.2. The minimum atomic E-state index is -1.28. The van der Waals surface area contributed by atoms with Gasteiger partial charge in [0.25, 0.3) is 0 Å². The van der Waals surface area contributed by atoms with E-state index in [1.165, 1.54) is 0 Å². The molecular formula is C8H8O3. The Morgan fingerprint density at radius 2 is 2.09 bits per heavy atom. The molecule has 0 fully saturated rings. The molecule has 0 aliphatic heterocycles. The number of aryl methyl sites for hydroxylation is 1. The van der Waals surface area contributed by atoms with Crippen molar-refractivity contribution in [2.45, 2.75) is 6.92 Å². The van der Waals surface area contributed by atoms with Gasteiger partial charge in [-0.05, 0) is 18.6 Å². The van der Waals surface area contributed by atoms with E-state index in [9.17, 15) is 4.79 Å². The molecule has 1 rings (SSSR count). The summed E-state index contributed by atoms with van der Waals surface area (Å²) in [6.07, 6.45) is -1.28. The SMILES string of the molecule is Cc1ccccc1OC(=O)O. The van der Waals surface area contributed by atoms with Crippen molar-refractivity contribution in [2.24, 2.45) is 0 Å². The Morgan fingerprint density at radius 1 is 1.45 bits per heavy atom. The summed E-state index contributed by atoms with van der Waals surface area (Å²) in [5.74, 6) is 0.389. The van der Waals surface area contributed by atoms with Crippen LogP contribution in [0.15, 0.2) is 24.3 Å². The predicted octanol–water partition coefficient (Wildman–Crippen LogP) is 2.05. The Kier molecular flexibility index (Phi) is 2.11. The fourth-order valence-corrected chi connectivity index (χ4v) is 0.765. The Hall–Kier alpha value is -1.51. The van der Waals surface area contributed by atoms with Gasteiger partial charge in [-0.3, -0.25) is 0 Å². The van der Waals surface area contributed by atoms with Gasteiger partial charge in [-0.15, -0.1) is 0 Å². The smallest absolute Gasteiger partial charge is 0.449 e. The van der Waals surface area contributed by atoms with Gasteiger partial charge in [-0.1, -0.05) is 18.2 Å². The van der Waals surface area contributed by atoms with Crippen LogP contribution in [0.1, 0.15) is 5.56 Å². The molecule has 0 spiro atoms. The van der Waals surface area contributed by atoms with E-state index in [1.54, 1.807) is 25.1 Å². The molecule has 0 aromatic heterocycles. The summed E-state index contributed by atoms with van der Waals surface area (Å²) in [5.41, 5.74) is 0.815. The monoisotopic (exact) mass is 152 g/mol. The first-order valence-corrected chi connectivity index (χ1v) is 3.16. The minimum Gasteiger partial charge on any atom is -0.449 e. The van der Waals surface area contributed by atoms with Crippen molar-refractivity contribution in [3.05, 3.63) is 29.8 Å². The molecule has 3 heteroatoms. The fraction of sp³-hybridized carbons (Fsp3) is 0.125. The largest absolute Gasteiger partial charge is 0.511 e. The van der Waals surface area contributed by atoms with Crippen molar-refractivity contribution < 1.29 is 14.6 Å². The highest BCUT2D eigenvalue weighted by atomic mass is 16.7. The van der Waals surface area contributed by atoms with Crippen LogP contribution < -0.4 is 4.74 Å². The first-order chi connectivity index (χ1) is 5.20. The first kappa shape index (κ1) is 7.60. The lowest BCUT2D eigenvalue weighted by Gasteiger charge is -2.01. The van der Waals surface area contributed by atoms with Crippen molar-refractivity contribution in [2.75, 3.05) is 0 Å². The summed E-state index contributed by atoms with van der Waals surface area (Å²) < 4.78 is 4.46. The third-order valence-electron chi connectivity index (χ3n) is 1.29. The topological polar surface area (TPSA) is 46.5 Å². The minimum absolute atomic E-state index is 0.389. The standard InChI is InChI=1S/C8H8O3/c1-6-4-2-3-5-7(6)11-8(9)10/h2-5H,1H3,(H,9,10). The Morgan fingerprint density at radius 3 is 2.64 bits per heavy atom. The van der Waals surface area contributed by atoms with Crippen LogP contribution in [-0.2, 0) is 0 Å². The van der Waals surface area contributed by atoms with E-state index < -0.39 is 6.16 Å². The molecule has 58 valence electrons. The van der Waals surface area contributed by atoms with Gasteiger partial charge in [0.15, 0.2) is 0 Å².